The molecule has 0 aliphatic heterocycles. The van der Waals surface area contributed by atoms with E-state index in [-0.39, 0.29) is 16.1 Å². The highest BCUT2D eigenvalue weighted by molar-refractivity contribution is 7.89. The van der Waals surface area contributed by atoms with Crippen molar-refractivity contribution >= 4 is 27.7 Å². The Hall–Kier alpha value is -2.85. The zero-order valence-corrected chi connectivity index (χ0v) is 15.7. The molecule has 28 heavy (non-hydrogen) atoms. The van der Waals surface area contributed by atoms with Gasteiger partial charge < -0.3 is 10.1 Å². The minimum atomic E-state index is -4.87. The molecule has 0 spiro atoms. The van der Waals surface area contributed by atoms with E-state index in [1.807, 2.05) is 0 Å². The van der Waals surface area contributed by atoms with Crippen LogP contribution in [0.3, 0.4) is 0 Å². The highest BCUT2D eigenvalue weighted by Gasteiger charge is 2.31. The molecular formula is C18H17F3N2O4S. The second-order valence-electron chi connectivity index (χ2n) is 5.87. The first-order valence-electron chi connectivity index (χ1n) is 7.85. The SMILES string of the molecule is Cc1cc(S(N)(=O)=O)cc(NC(=O)/C=C/c2ccccc2OC(F)(F)F)c1C. The fraction of sp³-hybridized carbons (Fsp3) is 0.167. The Kier molecular flexibility index (Phi) is 6.15. The van der Waals surface area contributed by atoms with Gasteiger partial charge >= 0.3 is 6.36 Å². The molecule has 150 valence electrons. The zero-order chi connectivity index (χ0) is 21.1. The molecule has 6 nitrogen and oxygen atoms in total. The summed E-state index contributed by atoms with van der Waals surface area (Å²) in [6.45, 7) is 3.33. The predicted molar refractivity (Wildman–Crippen MR) is 98.1 cm³/mol. The Bertz CT molecular complexity index is 1030. The maximum Gasteiger partial charge on any atom is 0.573 e. The number of aryl methyl sites for hydroxylation is 1. The van der Waals surface area contributed by atoms with Gasteiger partial charge in [-0.2, -0.15) is 0 Å². The summed E-state index contributed by atoms with van der Waals surface area (Å²) in [5.41, 5.74) is 1.48. The summed E-state index contributed by atoms with van der Waals surface area (Å²) < 4.78 is 64.3. The van der Waals surface area contributed by atoms with E-state index in [9.17, 15) is 26.4 Å². The van der Waals surface area contributed by atoms with Crippen LogP contribution in [0.2, 0.25) is 0 Å². The summed E-state index contributed by atoms with van der Waals surface area (Å²) >= 11 is 0. The van der Waals surface area contributed by atoms with Crippen molar-refractivity contribution in [3.63, 3.8) is 0 Å². The number of benzene rings is 2. The number of anilines is 1. The molecule has 2 rings (SSSR count). The fourth-order valence-corrected chi connectivity index (χ4v) is 2.92. The monoisotopic (exact) mass is 414 g/mol. The lowest BCUT2D eigenvalue weighted by Gasteiger charge is -2.12. The van der Waals surface area contributed by atoms with Gasteiger partial charge in [-0.05, 0) is 49.2 Å². The first kappa shape index (κ1) is 21.5. The maximum atomic E-state index is 12.4. The fourth-order valence-electron chi connectivity index (χ4n) is 2.30. The van der Waals surface area contributed by atoms with Gasteiger partial charge in [-0.15, -0.1) is 13.2 Å². The van der Waals surface area contributed by atoms with Crippen LogP contribution < -0.4 is 15.2 Å². The highest BCUT2D eigenvalue weighted by atomic mass is 32.2. The van der Waals surface area contributed by atoms with Crippen LogP contribution in [-0.4, -0.2) is 20.7 Å². The van der Waals surface area contributed by atoms with Gasteiger partial charge in [0.2, 0.25) is 15.9 Å². The molecular weight excluding hydrogens is 397 g/mol. The van der Waals surface area contributed by atoms with Gasteiger partial charge in [0.05, 0.1) is 4.90 Å². The first-order valence-corrected chi connectivity index (χ1v) is 9.39. The molecule has 2 aromatic carbocycles. The van der Waals surface area contributed by atoms with Crippen molar-refractivity contribution in [2.24, 2.45) is 5.14 Å². The number of hydrogen-bond acceptors (Lipinski definition) is 4. The molecule has 0 saturated heterocycles. The number of carbonyl (C=O) groups excluding carboxylic acids is 1. The highest BCUT2D eigenvalue weighted by Crippen LogP contribution is 2.27. The van der Waals surface area contributed by atoms with Crippen LogP contribution in [0, 0.1) is 13.8 Å². The Balaban J connectivity index is 2.25. The van der Waals surface area contributed by atoms with E-state index in [1.54, 1.807) is 13.8 Å². The van der Waals surface area contributed by atoms with Crippen molar-refractivity contribution < 1.29 is 31.1 Å². The molecule has 0 fully saturated rings. The molecule has 0 bridgehead atoms. The van der Waals surface area contributed by atoms with Crippen LogP contribution in [0.4, 0.5) is 18.9 Å². The predicted octanol–water partition coefficient (Wildman–Crippen LogP) is 3.50. The lowest BCUT2D eigenvalue weighted by Crippen LogP contribution is -2.17. The molecule has 0 aliphatic rings. The van der Waals surface area contributed by atoms with E-state index in [1.165, 1.54) is 30.3 Å². The largest absolute Gasteiger partial charge is 0.573 e. The molecule has 0 atom stereocenters. The topological polar surface area (TPSA) is 98.5 Å². The van der Waals surface area contributed by atoms with Crippen molar-refractivity contribution in [2.45, 2.75) is 25.1 Å². The number of halogens is 3. The molecule has 2 aromatic rings. The Morgan fingerprint density at radius 3 is 2.43 bits per heavy atom. The maximum absolute atomic E-state index is 12.4. The quantitative estimate of drug-likeness (QED) is 0.732. The third kappa shape index (κ3) is 5.83. The number of carbonyl (C=O) groups is 1. The smallest absolute Gasteiger partial charge is 0.405 e. The first-order chi connectivity index (χ1) is 12.9. The van der Waals surface area contributed by atoms with Gasteiger partial charge in [0.25, 0.3) is 0 Å². The lowest BCUT2D eigenvalue weighted by molar-refractivity contribution is -0.274. The summed E-state index contributed by atoms with van der Waals surface area (Å²) in [6.07, 6.45) is -2.70. The number of sulfonamides is 1. The van der Waals surface area contributed by atoms with E-state index in [4.69, 9.17) is 5.14 Å². The molecule has 0 aromatic heterocycles. The average molecular weight is 414 g/mol. The Labute approximate surface area is 159 Å². The molecule has 1 amide bonds. The second kappa shape index (κ2) is 8.03. The average Bonchev–Trinajstić information content (AvgIpc) is 2.55. The zero-order valence-electron chi connectivity index (χ0n) is 14.9. The van der Waals surface area contributed by atoms with Crippen LogP contribution in [0.5, 0.6) is 5.75 Å². The number of alkyl halides is 3. The number of hydrogen-bond donors (Lipinski definition) is 2. The van der Waals surface area contributed by atoms with Crippen molar-refractivity contribution in [2.75, 3.05) is 5.32 Å². The lowest BCUT2D eigenvalue weighted by atomic mass is 10.1. The summed E-state index contributed by atoms with van der Waals surface area (Å²) in [4.78, 5) is 12.0. The van der Waals surface area contributed by atoms with Gasteiger partial charge in [-0.1, -0.05) is 18.2 Å². The number of nitrogens with two attached hydrogens (primary N) is 1. The van der Waals surface area contributed by atoms with E-state index in [0.717, 1.165) is 18.2 Å². The molecule has 3 N–H and O–H groups in total. The second-order valence-corrected chi connectivity index (χ2v) is 7.43. The third-order valence-corrected chi connectivity index (χ3v) is 4.68. The summed E-state index contributed by atoms with van der Waals surface area (Å²) in [5.74, 6) is -1.13. The minimum Gasteiger partial charge on any atom is -0.405 e. The van der Waals surface area contributed by atoms with Gasteiger partial charge in [-0.3, -0.25) is 4.79 Å². The third-order valence-electron chi connectivity index (χ3n) is 3.79. The van der Waals surface area contributed by atoms with Crippen molar-refractivity contribution in [3.8, 4) is 5.75 Å². The van der Waals surface area contributed by atoms with Crippen molar-refractivity contribution in [3.05, 3.63) is 59.2 Å². The number of primary sulfonamides is 1. The van der Waals surface area contributed by atoms with Crippen LogP contribution >= 0.6 is 0 Å². The van der Waals surface area contributed by atoms with Crippen molar-refractivity contribution in [1.29, 1.82) is 0 Å². The Morgan fingerprint density at radius 2 is 1.82 bits per heavy atom. The van der Waals surface area contributed by atoms with E-state index >= 15 is 0 Å². The number of ether oxygens (including phenoxy) is 1. The molecule has 0 radical (unpaired) electrons. The van der Waals surface area contributed by atoms with Gasteiger partial charge in [0.15, 0.2) is 0 Å². The van der Waals surface area contributed by atoms with Crippen LogP contribution in [-0.2, 0) is 14.8 Å². The van der Waals surface area contributed by atoms with Gasteiger partial charge in [0, 0.05) is 17.3 Å². The number of rotatable bonds is 5. The van der Waals surface area contributed by atoms with E-state index < -0.39 is 28.0 Å². The van der Waals surface area contributed by atoms with Gasteiger partial charge in [0.1, 0.15) is 5.75 Å². The number of nitrogens with one attached hydrogen (secondary N) is 1. The van der Waals surface area contributed by atoms with Gasteiger partial charge in [-0.25, -0.2) is 13.6 Å². The summed E-state index contributed by atoms with van der Waals surface area (Å²) in [7, 11) is -3.97. The van der Waals surface area contributed by atoms with E-state index in [0.29, 0.717) is 11.1 Å². The standard InChI is InChI=1S/C18H17F3N2O4S/c1-11-9-14(28(22,25)26)10-15(12(11)2)23-17(24)8-7-13-5-3-4-6-16(13)27-18(19,20)21/h3-10H,1-2H3,(H,23,24)(H2,22,25,26)/b8-7+. The normalized spacial score (nSPS) is 12.2. The van der Waals surface area contributed by atoms with Crippen molar-refractivity contribution in [1.82, 2.24) is 0 Å². The summed E-state index contributed by atoms with van der Waals surface area (Å²) in [5, 5.41) is 7.61. The van der Waals surface area contributed by atoms with Crippen LogP contribution in [0.25, 0.3) is 6.08 Å². The molecule has 0 heterocycles. The Morgan fingerprint density at radius 1 is 1.18 bits per heavy atom. The van der Waals surface area contributed by atoms with Crippen LogP contribution in [0.15, 0.2) is 47.4 Å². The number of amides is 1. The van der Waals surface area contributed by atoms with E-state index in [2.05, 4.69) is 10.1 Å². The number of para-hydroxylation sites is 1. The molecule has 0 unspecified atom stereocenters. The van der Waals surface area contributed by atoms with Crippen LogP contribution in [0.1, 0.15) is 16.7 Å². The molecule has 0 aliphatic carbocycles. The molecule has 10 heteroatoms. The molecule has 0 saturated carbocycles. The summed E-state index contributed by atoms with van der Waals surface area (Å²) in [6, 6.07) is 7.91. The minimum absolute atomic E-state index is 0.0427.